The van der Waals surface area contributed by atoms with Gasteiger partial charge in [-0.1, -0.05) is 0 Å². The summed E-state index contributed by atoms with van der Waals surface area (Å²) in [5.74, 6) is 0.583. The molecule has 2 unspecified atom stereocenters. The molecule has 0 N–H and O–H groups in total. The molecule has 0 aromatic heterocycles. The van der Waals surface area contributed by atoms with Crippen LogP contribution in [0.1, 0.15) is 90.6 Å². The molecule has 55 heavy (non-hydrogen) atoms. The quantitative estimate of drug-likeness (QED) is 0.143. The first-order valence-corrected chi connectivity index (χ1v) is 38.4. The molecule has 7 heteroatoms. The monoisotopic (exact) mass is 882 g/mol. The average Bonchev–Trinajstić information content (AvgIpc) is 3.68. The molecule has 0 bridgehead atoms. The Hall–Kier alpha value is -1.72. The molecule has 0 fully saturated rings. The summed E-state index contributed by atoms with van der Waals surface area (Å²) in [6, 6.07) is 23.4. The summed E-state index contributed by atoms with van der Waals surface area (Å²) in [5, 5.41) is 0. The van der Waals surface area contributed by atoms with Crippen LogP contribution in [-0.2, 0) is 16.2 Å². The number of halogens is 2. The van der Waals surface area contributed by atoms with Gasteiger partial charge in [0.05, 0.1) is 0 Å². The van der Waals surface area contributed by atoms with Crippen LogP contribution in [0, 0.1) is 53.4 Å². The van der Waals surface area contributed by atoms with Crippen LogP contribution in [0.4, 0.5) is 0 Å². The Morgan fingerprint density at radius 2 is 0.927 bits per heavy atom. The number of hydrogen-bond donors (Lipinski definition) is 0. The van der Waals surface area contributed by atoms with Gasteiger partial charge in [-0.2, -0.15) is 0 Å². The molecule has 0 spiro atoms. The zero-order valence-corrected chi connectivity index (χ0v) is 42.6. The van der Waals surface area contributed by atoms with E-state index in [1.807, 2.05) is 0 Å². The molecule has 2 aliphatic rings. The fourth-order valence-electron chi connectivity index (χ4n) is 10.4. The molecule has 0 amide bonds. The number of nitrogens with zero attached hydrogens (tertiary/aromatic N) is 1. The maximum atomic E-state index is 9.20. The third kappa shape index (κ3) is 7.55. The Morgan fingerprint density at radius 1 is 0.564 bits per heavy atom. The molecule has 0 saturated carbocycles. The zero-order chi connectivity index (χ0) is 40.8. The van der Waals surface area contributed by atoms with E-state index >= 15 is 0 Å². The molecule has 2 atom stereocenters. The van der Waals surface area contributed by atoms with Gasteiger partial charge >= 0.3 is 348 Å². The summed E-state index contributed by atoms with van der Waals surface area (Å²) in [5.41, 5.74) is 21.4. The maximum absolute atomic E-state index is 9.20. The fraction of sp³-hybridized carbons (Fsp3) is 0.417. The Bertz CT molecular complexity index is 2100. The minimum absolute atomic E-state index is 0.0224. The van der Waals surface area contributed by atoms with E-state index in [0.717, 1.165) is 4.95 Å². The van der Waals surface area contributed by atoms with Crippen molar-refractivity contribution in [2.75, 3.05) is 0 Å². The molecule has 291 valence electrons. The van der Waals surface area contributed by atoms with Crippen molar-refractivity contribution in [1.29, 1.82) is 0 Å². The van der Waals surface area contributed by atoms with Gasteiger partial charge in [-0.3, -0.25) is 0 Å². The van der Waals surface area contributed by atoms with E-state index in [1.54, 1.807) is 0 Å². The fourth-order valence-corrected chi connectivity index (χ4v) is 52.9. The van der Waals surface area contributed by atoms with Gasteiger partial charge in [0.25, 0.3) is 0 Å². The van der Waals surface area contributed by atoms with Crippen LogP contribution in [0.25, 0.3) is 34.4 Å². The summed E-state index contributed by atoms with van der Waals surface area (Å²) >= 11 is -5.36. The van der Waals surface area contributed by atoms with Gasteiger partial charge in [0, 0.05) is 0 Å². The van der Waals surface area contributed by atoms with Crippen LogP contribution < -0.4 is 0 Å². The van der Waals surface area contributed by atoms with Gasteiger partial charge in [-0.15, -0.1) is 0 Å². The zero-order valence-electron chi connectivity index (χ0n) is 36.6. The normalized spacial score (nSPS) is 18.0. The van der Waals surface area contributed by atoms with E-state index < -0.39 is 32.6 Å². The van der Waals surface area contributed by atoms with Gasteiger partial charge in [0.2, 0.25) is 0 Å². The number of fused-ring (bicyclic) bond motifs is 2. The van der Waals surface area contributed by atoms with Crippen molar-refractivity contribution in [3.63, 3.8) is 0 Å². The molecule has 6 rings (SSSR count). The first kappa shape index (κ1) is 42.9. The Kier molecular flexibility index (Phi) is 11.6. The van der Waals surface area contributed by atoms with E-state index in [2.05, 4.69) is 185 Å². The summed E-state index contributed by atoms with van der Waals surface area (Å²) in [7, 11) is 14.6. The second kappa shape index (κ2) is 14.8. The summed E-state index contributed by atoms with van der Waals surface area (Å²) in [6.45, 7) is 38.0. The van der Waals surface area contributed by atoms with Crippen LogP contribution in [0.5, 0.6) is 0 Å². The third-order valence-electron chi connectivity index (χ3n) is 13.0. The number of hydrogen-bond acceptors (Lipinski definition) is 1. The molecule has 0 heterocycles. The minimum atomic E-state index is -5.36. The first-order chi connectivity index (χ1) is 25.4. The van der Waals surface area contributed by atoms with Crippen LogP contribution in [-0.4, -0.2) is 25.6 Å². The van der Waals surface area contributed by atoms with Gasteiger partial charge in [0.1, 0.15) is 0 Å². The van der Waals surface area contributed by atoms with Crippen LogP contribution >= 0.6 is 17.0 Å². The molecule has 1 nitrogen and oxygen atoms in total. The molecular formula is C48H65BCl2NSi2Zr. The standard InChI is InChI=1S/2C21H23.C6H19BNSi2.2ClH.Zr/c2*1-13(2)18-11-17-7-6-8-19(21(17)12-18)20-10-14(3)9-15(4)16(20)5;1-9(2,3)8(7)10(4,5)6;;;/h2*6-13H,1-5H3;7H,1-6H3;2*1H;/q;;+1;;;+1/p-2. The van der Waals surface area contributed by atoms with E-state index in [9.17, 15) is 17.0 Å². The second-order valence-corrected chi connectivity index (χ2v) is 52.0. The molecule has 0 aliphatic heterocycles. The second-order valence-electron chi connectivity index (χ2n) is 19.9. The van der Waals surface area contributed by atoms with Crippen molar-refractivity contribution in [2.45, 2.75) is 116 Å². The Balaban J connectivity index is 1.72. The summed E-state index contributed by atoms with van der Waals surface area (Å²) < 4.78 is 2.89. The number of allylic oxidation sites excluding steroid dienone is 2. The van der Waals surface area contributed by atoms with Crippen molar-refractivity contribution < 1.29 is 16.2 Å². The van der Waals surface area contributed by atoms with Gasteiger partial charge < -0.3 is 0 Å². The molecule has 0 radical (unpaired) electrons. The molecule has 4 aromatic carbocycles. The Morgan fingerprint density at radius 3 is 1.25 bits per heavy atom. The van der Waals surface area contributed by atoms with Crippen molar-refractivity contribution in [1.82, 2.24) is 4.14 Å². The van der Waals surface area contributed by atoms with Crippen LogP contribution in [0.2, 0.25) is 39.3 Å². The molecular weight excluding hydrogens is 820 g/mol. The number of rotatable bonds is 10. The van der Waals surface area contributed by atoms with Gasteiger partial charge in [-0.25, -0.2) is 0 Å². The summed E-state index contributed by atoms with van der Waals surface area (Å²) in [4.78, 5) is 0.803. The van der Waals surface area contributed by atoms with Crippen molar-refractivity contribution in [3.05, 3.63) is 127 Å². The first-order valence-electron chi connectivity index (χ1n) is 20.6. The van der Waals surface area contributed by atoms with Crippen molar-refractivity contribution >= 4 is 50.6 Å². The molecule has 2 aliphatic carbocycles. The van der Waals surface area contributed by atoms with E-state index in [1.165, 1.54) is 89.0 Å². The van der Waals surface area contributed by atoms with Crippen LogP contribution in [0.15, 0.2) is 71.8 Å². The average molecular weight is 885 g/mol. The Labute approximate surface area is 345 Å². The van der Waals surface area contributed by atoms with Crippen molar-refractivity contribution in [2.24, 2.45) is 11.8 Å². The number of aryl methyl sites for hydroxylation is 4. The van der Waals surface area contributed by atoms with E-state index in [0.29, 0.717) is 11.8 Å². The predicted octanol–water partition coefficient (Wildman–Crippen LogP) is 15.0. The topological polar surface area (TPSA) is 3.24 Å². The predicted molar refractivity (Wildman–Crippen MR) is 251 cm³/mol. The third-order valence-corrected chi connectivity index (χ3v) is 39.9. The number of benzene rings is 4. The van der Waals surface area contributed by atoms with Crippen LogP contribution in [0.3, 0.4) is 0 Å². The van der Waals surface area contributed by atoms with E-state index in [-0.39, 0.29) is 7.25 Å². The van der Waals surface area contributed by atoms with Gasteiger partial charge in [-0.05, 0) is 0 Å². The molecule has 4 aromatic rings. The van der Waals surface area contributed by atoms with Gasteiger partial charge in [0.15, 0.2) is 0 Å². The SMILES string of the molecule is Cc1cc(C)c(C)c(-c2cccc3c2C=C(C(C)C)[CH]3[Zr]([Cl])([Cl])([BH]N([Si](C)(C)C)[Si](C)(C)C)[CH]2C(C(C)C)=Cc3c(-c4cc(C)cc(C)c4C)cccc32)c1. The van der Waals surface area contributed by atoms with E-state index in [4.69, 9.17) is 0 Å². The van der Waals surface area contributed by atoms with Crippen molar-refractivity contribution in [3.8, 4) is 22.3 Å². The summed E-state index contributed by atoms with van der Waals surface area (Å²) in [6.07, 6.45) is 5.07. The molecule has 0 saturated heterocycles.